The van der Waals surface area contributed by atoms with Crippen molar-refractivity contribution in [1.29, 1.82) is 0 Å². The summed E-state index contributed by atoms with van der Waals surface area (Å²) in [7, 11) is 0. The van der Waals surface area contributed by atoms with Gasteiger partial charge in [-0.25, -0.2) is 0 Å². The largest absolute Gasteiger partial charge is 0.154 e. The Hall–Kier alpha value is -0.340. The average Bonchev–Trinajstić information content (AvgIpc) is 1.94. The lowest BCUT2D eigenvalue weighted by Gasteiger charge is -1.96. The van der Waals surface area contributed by atoms with Crippen molar-refractivity contribution in [3.05, 3.63) is 21.9 Å². The zero-order valence-electron chi connectivity index (χ0n) is 5.43. The maximum absolute atomic E-state index is 5.66. The van der Waals surface area contributed by atoms with E-state index >= 15 is 0 Å². The number of aryl methyl sites for hydroxylation is 1. The summed E-state index contributed by atoms with van der Waals surface area (Å²) in [6, 6.07) is 1.72. The summed E-state index contributed by atoms with van der Waals surface area (Å²) in [4.78, 5) is 0. The fourth-order valence-corrected chi connectivity index (χ4v) is 1.03. The lowest BCUT2D eigenvalue weighted by atomic mass is 10.2. The zero-order chi connectivity index (χ0) is 7.56. The highest BCUT2D eigenvalue weighted by Crippen LogP contribution is 2.14. The summed E-state index contributed by atoms with van der Waals surface area (Å²) in [5.41, 5.74) is 0.932. The molecule has 10 heavy (non-hydrogen) atoms. The van der Waals surface area contributed by atoms with Crippen LogP contribution >= 0.6 is 23.2 Å². The molecule has 0 unspecified atom stereocenters. The quantitative estimate of drug-likeness (QED) is 0.657. The van der Waals surface area contributed by atoms with Crippen molar-refractivity contribution >= 4 is 23.2 Å². The molecule has 0 aliphatic rings. The summed E-state index contributed by atoms with van der Waals surface area (Å²) in [6.45, 7) is 1.99. The lowest BCUT2D eigenvalue weighted by Crippen LogP contribution is -1.89. The maximum Gasteiger partial charge on any atom is 0.154 e. The van der Waals surface area contributed by atoms with Crippen molar-refractivity contribution in [3.8, 4) is 0 Å². The number of nitrogens with zero attached hydrogens (tertiary/aromatic N) is 2. The molecule has 0 radical (unpaired) electrons. The minimum atomic E-state index is 0.390. The van der Waals surface area contributed by atoms with Gasteiger partial charge in [0.25, 0.3) is 0 Å². The average molecular weight is 177 g/mol. The van der Waals surface area contributed by atoms with Crippen LogP contribution < -0.4 is 0 Å². The molecule has 0 aliphatic carbocycles. The molecule has 0 aliphatic heterocycles. The van der Waals surface area contributed by atoms with Crippen LogP contribution in [-0.4, -0.2) is 10.2 Å². The van der Waals surface area contributed by atoms with E-state index in [4.69, 9.17) is 23.2 Å². The van der Waals surface area contributed by atoms with Gasteiger partial charge in [-0.2, -0.15) is 0 Å². The van der Waals surface area contributed by atoms with Crippen molar-refractivity contribution in [2.45, 2.75) is 13.3 Å². The van der Waals surface area contributed by atoms with Gasteiger partial charge < -0.3 is 0 Å². The van der Waals surface area contributed by atoms with E-state index in [1.54, 1.807) is 6.07 Å². The molecule has 1 aromatic heterocycles. The summed E-state index contributed by atoms with van der Waals surface area (Å²) >= 11 is 11.2. The first-order chi connectivity index (χ1) is 4.74. The fourth-order valence-electron chi connectivity index (χ4n) is 0.636. The van der Waals surface area contributed by atoms with Crippen molar-refractivity contribution < 1.29 is 0 Å². The number of hydrogen-bond acceptors (Lipinski definition) is 2. The van der Waals surface area contributed by atoms with Gasteiger partial charge >= 0.3 is 0 Å². The predicted molar refractivity (Wildman–Crippen MR) is 41.4 cm³/mol. The molecule has 0 saturated carbocycles. The van der Waals surface area contributed by atoms with Crippen LogP contribution in [0.15, 0.2) is 6.07 Å². The van der Waals surface area contributed by atoms with E-state index in [1.807, 2.05) is 6.92 Å². The molecule has 4 heteroatoms. The van der Waals surface area contributed by atoms with Gasteiger partial charge in [-0.15, -0.1) is 10.2 Å². The van der Waals surface area contributed by atoms with E-state index < -0.39 is 0 Å². The molecule has 1 aromatic rings. The topological polar surface area (TPSA) is 25.8 Å². The second-order valence-corrected chi connectivity index (χ2v) is 2.58. The van der Waals surface area contributed by atoms with Crippen molar-refractivity contribution in [3.63, 3.8) is 0 Å². The minimum Gasteiger partial charge on any atom is -0.137 e. The number of hydrogen-bond donors (Lipinski definition) is 0. The van der Waals surface area contributed by atoms with E-state index in [0.717, 1.165) is 12.0 Å². The first kappa shape index (κ1) is 7.76. The molecule has 0 amide bonds. The highest BCUT2D eigenvalue weighted by molar-refractivity contribution is 6.31. The van der Waals surface area contributed by atoms with Gasteiger partial charge in [0, 0.05) is 0 Å². The predicted octanol–water partition coefficient (Wildman–Crippen LogP) is 2.35. The Kier molecular flexibility index (Phi) is 2.46. The molecular weight excluding hydrogens is 171 g/mol. The van der Waals surface area contributed by atoms with Crippen LogP contribution in [0.25, 0.3) is 0 Å². The standard InChI is InChI=1S/C6H6Cl2N2/c1-2-4-3-5(7)9-10-6(4)8/h3H,2H2,1H3. The molecule has 0 bridgehead atoms. The van der Waals surface area contributed by atoms with Crippen LogP contribution in [-0.2, 0) is 6.42 Å². The fraction of sp³-hybridized carbons (Fsp3) is 0.333. The first-order valence-electron chi connectivity index (χ1n) is 2.91. The normalized spacial score (nSPS) is 9.90. The Morgan fingerprint density at radius 3 is 2.60 bits per heavy atom. The maximum atomic E-state index is 5.66. The zero-order valence-corrected chi connectivity index (χ0v) is 6.95. The lowest BCUT2D eigenvalue weighted by molar-refractivity contribution is 0.984. The Morgan fingerprint density at radius 2 is 2.10 bits per heavy atom. The monoisotopic (exact) mass is 176 g/mol. The van der Waals surface area contributed by atoms with E-state index in [0.29, 0.717) is 10.3 Å². The van der Waals surface area contributed by atoms with E-state index in [9.17, 15) is 0 Å². The highest BCUT2D eigenvalue weighted by Gasteiger charge is 1.99. The Morgan fingerprint density at radius 1 is 1.40 bits per heavy atom. The van der Waals surface area contributed by atoms with Gasteiger partial charge in [-0.3, -0.25) is 0 Å². The highest BCUT2D eigenvalue weighted by atomic mass is 35.5. The van der Waals surface area contributed by atoms with Crippen molar-refractivity contribution in [1.82, 2.24) is 10.2 Å². The molecule has 0 aromatic carbocycles. The van der Waals surface area contributed by atoms with E-state index in [1.165, 1.54) is 0 Å². The second-order valence-electron chi connectivity index (χ2n) is 1.84. The second kappa shape index (κ2) is 3.17. The molecule has 0 N–H and O–H groups in total. The summed E-state index contributed by atoms with van der Waals surface area (Å²) < 4.78 is 0. The minimum absolute atomic E-state index is 0.390. The number of rotatable bonds is 1. The molecule has 1 rings (SSSR count). The van der Waals surface area contributed by atoms with Crippen LogP contribution in [0, 0.1) is 0 Å². The molecular formula is C6H6Cl2N2. The van der Waals surface area contributed by atoms with E-state index in [2.05, 4.69) is 10.2 Å². The Balaban J connectivity index is 3.09. The Bertz CT molecular complexity index is 237. The molecule has 1 heterocycles. The van der Waals surface area contributed by atoms with Crippen LogP contribution in [0.5, 0.6) is 0 Å². The molecule has 0 saturated heterocycles. The van der Waals surface area contributed by atoms with Crippen LogP contribution in [0.2, 0.25) is 10.3 Å². The summed E-state index contributed by atoms with van der Waals surface area (Å²) in [5, 5.41) is 8.03. The number of aromatic nitrogens is 2. The van der Waals surface area contributed by atoms with Crippen LogP contribution in [0.1, 0.15) is 12.5 Å². The summed E-state index contributed by atoms with van der Waals surface area (Å²) in [6.07, 6.45) is 0.827. The van der Waals surface area contributed by atoms with Crippen molar-refractivity contribution in [2.24, 2.45) is 0 Å². The van der Waals surface area contributed by atoms with Crippen molar-refractivity contribution in [2.75, 3.05) is 0 Å². The van der Waals surface area contributed by atoms with Gasteiger partial charge in [-0.1, -0.05) is 30.1 Å². The number of halogens is 2. The van der Waals surface area contributed by atoms with Gasteiger partial charge in [0.15, 0.2) is 10.3 Å². The van der Waals surface area contributed by atoms with Crippen LogP contribution in [0.4, 0.5) is 0 Å². The van der Waals surface area contributed by atoms with Gasteiger partial charge in [0.1, 0.15) is 0 Å². The van der Waals surface area contributed by atoms with Gasteiger partial charge in [0.05, 0.1) is 0 Å². The SMILES string of the molecule is CCc1cc(Cl)nnc1Cl. The third-order valence-corrected chi connectivity index (χ3v) is 1.68. The third-order valence-electron chi connectivity index (χ3n) is 1.17. The van der Waals surface area contributed by atoms with E-state index in [-0.39, 0.29) is 0 Å². The first-order valence-corrected chi connectivity index (χ1v) is 3.67. The molecule has 0 spiro atoms. The van der Waals surface area contributed by atoms with Gasteiger partial charge in [-0.05, 0) is 18.1 Å². The Labute approximate surface area is 69.2 Å². The molecule has 0 fully saturated rings. The molecule has 54 valence electrons. The smallest absolute Gasteiger partial charge is 0.137 e. The van der Waals surface area contributed by atoms with Gasteiger partial charge in [0.2, 0.25) is 0 Å². The third kappa shape index (κ3) is 1.58. The summed E-state index contributed by atoms with van der Waals surface area (Å²) in [5.74, 6) is 0. The molecule has 2 nitrogen and oxygen atoms in total. The van der Waals surface area contributed by atoms with Crippen LogP contribution in [0.3, 0.4) is 0 Å². The molecule has 0 atom stereocenters.